The average molecular weight is 587 g/mol. The van der Waals surface area contributed by atoms with E-state index < -0.39 is 0 Å². The maximum absolute atomic E-state index is 2.35. The largest absolute Gasteiger partial charge is 0.0622 e. The van der Waals surface area contributed by atoms with Gasteiger partial charge in [0.15, 0.2) is 0 Å². The molecule has 0 amide bonds. The van der Waals surface area contributed by atoms with Crippen molar-refractivity contribution in [3.05, 3.63) is 228 Å². The van der Waals surface area contributed by atoms with E-state index in [1.807, 2.05) is 0 Å². The zero-order valence-electron chi connectivity index (χ0n) is 25.6. The molecule has 2 atom stereocenters. The van der Waals surface area contributed by atoms with Crippen molar-refractivity contribution in [2.24, 2.45) is 0 Å². The number of hydrogen-bond donors (Lipinski definition) is 0. The van der Waals surface area contributed by atoms with E-state index in [0.717, 1.165) is 0 Å². The highest BCUT2D eigenvalue weighted by Gasteiger charge is 2.19. The fourth-order valence-corrected chi connectivity index (χ4v) is 6.96. The lowest BCUT2D eigenvalue weighted by Crippen LogP contribution is -2.04. The first-order valence-corrected chi connectivity index (χ1v) is 16.1. The number of benzene rings is 8. The summed E-state index contributed by atoms with van der Waals surface area (Å²) in [6.45, 7) is 0. The van der Waals surface area contributed by atoms with E-state index in [-0.39, 0.29) is 11.8 Å². The molecule has 0 saturated heterocycles. The molecule has 0 saturated carbocycles. The van der Waals surface area contributed by atoms with Gasteiger partial charge in [0.1, 0.15) is 0 Å². The van der Waals surface area contributed by atoms with Gasteiger partial charge >= 0.3 is 0 Å². The summed E-state index contributed by atoms with van der Waals surface area (Å²) in [6.07, 6.45) is 0. The lowest BCUT2D eigenvalue weighted by atomic mass is 9.83. The van der Waals surface area contributed by atoms with Crippen LogP contribution in [-0.2, 0) is 0 Å². The van der Waals surface area contributed by atoms with Crippen molar-refractivity contribution < 1.29 is 0 Å². The fourth-order valence-electron chi connectivity index (χ4n) is 6.96. The van der Waals surface area contributed by atoms with Crippen LogP contribution in [0, 0.1) is 0 Å². The van der Waals surface area contributed by atoms with Crippen molar-refractivity contribution in [2.45, 2.75) is 11.8 Å². The van der Waals surface area contributed by atoms with Crippen molar-refractivity contribution >= 4 is 21.5 Å². The predicted molar refractivity (Wildman–Crippen MR) is 195 cm³/mol. The number of hydrogen-bond acceptors (Lipinski definition) is 0. The van der Waals surface area contributed by atoms with E-state index >= 15 is 0 Å². The third kappa shape index (κ3) is 5.51. The van der Waals surface area contributed by atoms with Gasteiger partial charge in [0.05, 0.1) is 0 Å². The van der Waals surface area contributed by atoms with Crippen LogP contribution in [0.3, 0.4) is 0 Å². The second-order valence-electron chi connectivity index (χ2n) is 12.1. The van der Waals surface area contributed by atoms with Crippen molar-refractivity contribution in [2.75, 3.05) is 0 Å². The standard InChI is InChI=1S/C46H34/c1-3-13-37(14-4-1)45(43-29-23-33-11-7-9-17-41(33)31-43)39-25-19-35(20-26-39)36-21-27-40(28-22-36)46(38-15-5-2-6-16-38)44-30-24-34-12-8-10-18-42(34)32-44/h1-32,45-46H. The molecule has 218 valence electrons. The maximum Gasteiger partial charge on any atom is 0.0340 e. The highest BCUT2D eigenvalue weighted by atomic mass is 14.2. The van der Waals surface area contributed by atoms with Crippen molar-refractivity contribution in [3.8, 4) is 11.1 Å². The summed E-state index contributed by atoms with van der Waals surface area (Å²) < 4.78 is 0. The Morgan fingerprint density at radius 1 is 0.217 bits per heavy atom. The molecule has 0 aliphatic heterocycles. The Bertz CT molecular complexity index is 2060. The minimum absolute atomic E-state index is 0.163. The minimum atomic E-state index is 0.163. The van der Waals surface area contributed by atoms with Gasteiger partial charge in [0, 0.05) is 11.8 Å². The van der Waals surface area contributed by atoms with Gasteiger partial charge in [-0.2, -0.15) is 0 Å². The molecule has 8 aromatic carbocycles. The molecule has 0 spiro atoms. The van der Waals surface area contributed by atoms with Gasteiger partial charge in [-0.1, -0.05) is 194 Å². The Balaban J connectivity index is 1.13. The van der Waals surface area contributed by atoms with Gasteiger partial charge in [-0.15, -0.1) is 0 Å². The molecular formula is C46H34. The highest BCUT2D eigenvalue weighted by molar-refractivity contribution is 5.84. The molecule has 0 bridgehead atoms. The molecule has 0 radical (unpaired) electrons. The maximum atomic E-state index is 2.35. The van der Waals surface area contributed by atoms with Gasteiger partial charge in [-0.3, -0.25) is 0 Å². The molecular weight excluding hydrogens is 553 g/mol. The van der Waals surface area contributed by atoms with Crippen molar-refractivity contribution in [1.29, 1.82) is 0 Å². The van der Waals surface area contributed by atoms with Crippen LogP contribution < -0.4 is 0 Å². The second-order valence-corrected chi connectivity index (χ2v) is 12.1. The van der Waals surface area contributed by atoms with E-state index in [9.17, 15) is 0 Å². The summed E-state index contributed by atoms with van der Waals surface area (Å²) in [5.74, 6) is 0.326. The van der Waals surface area contributed by atoms with E-state index in [1.54, 1.807) is 0 Å². The number of fused-ring (bicyclic) bond motifs is 2. The van der Waals surface area contributed by atoms with E-state index in [1.165, 1.54) is 66.1 Å². The molecule has 0 aliphatic carbocycles. The van der Waals surface area contributed by atoms with E-state index in [0.29, 0.717) is 0 Å². The summed E-state index contributed by atoms with van der Waals surface area (Å²) in [7, 11) is 0. The third-order valence-corrected chi connectivity index (χ3v) is 9.30. The molecule has 0 nitrogen and oxygen atoms in total. The third-order valence-electron chi connectivity index (χ3n) is 9.30. The molecule has 0 fully saturated rings. The SMILES string of the molecule is c1ccc(C(c2ccc(-c3ccc(C(c4ccccc4)c4ccc5ccccc5c4)cc3)cc2)c2ccc3ccccc3c2)cc1. The van der Waals surface area contributed by atoms with Gasteiger partial charge in [0.2, 0.25) is 0 Å². The summed E-state index contributed by atoms with van der Waals surface area (Å²) in [5.41, 5.74) is 10.3. The lowest BCUT2D eigenvalue weighted by molar-refractivity contribution is 0.979. The molecule has 8 aromatic rings. The molecule has 0 aromatic heterocycles. The summed E-state index contributed by atoms with van der Waals surface area (Å²) in [4.78, 5) is 0. The Hall–Kier alpha value is -5.72. The van der Waals surface area contributed by atoms with Crippen LogP contribution in [0.25, 0.3) is 32.7 Å². The predicted octanol–water partition coefficient (Wildman–Crippen LogP) is 12.0. The molecule has 8 rings (SSSR count). The molecule has 46 heavy (non-hydrogen) atoms. The van der Waals surface area contributed by atoms with Gasteiger partial charge < -0.3 is 0 Å². The minimum Gasteiger partial charge on any atom is -0.0622 e. The highest BCUT2D eigenvalue weighted by Crippen LogP contribution is 2.37. The van der Waals surface area contributed by atoms with Crippen LogP contribution in [0.4, 0.5) is 0 Å². The first-order valence-electron chi connectivity index (χ1n) is 16.1. The first kappa shape index (κ1) is 27.8. The molecule has 0 heterocycles. The first-order chi connectivity index (χ1) is 22.8. The van der Waals surface area contributed by atoms with Gasteiger partial charge in [-0.25, -0.2) is 0 Å². The quantitative estimate of drug-likeness (QED) is 0.163. The van der Waals surface area contributed by atoms with E-state index in [4.69, 9.17) is 0 Å². The topological polar surface area (TPSA) is 0 Å². The Morgan fingerprint density at radius 3 is 0.913 bits per heavy atom. The van der Waals surface area contributed by atoms with E-state index in [2.05, 4.69) is 194 Å². The Kier molecular flexibility index (Phi) is 7.46. The lowest BCUT2D eigenvalue weighted by Gasteiger charge is -2.21. The van der Waals surface area contributed by atoms with Gasteiger partial charge in [-0.05, 0) is 66.1 Å². The van der Waals surface area contributed by atoms with Crippen molar-refractivity contribution in [3.63, 3.8) is 0 Å². The van der Waals surface area contributed by atoms with Crippen LogP contribution in [0.2, 0.25) is 0 Å². The van der Waals surface area contributed by atoms with Gasteiger partial charge in [0.25, 0.3) is 0 Å². The number of rotatable bonds is 7. The fraction of sp³-hybridized carbons (Fsp3) is 0.0435. The van der Waals surface area contributed by atoms with Crippen LogP contribution in [-0.4, -0.2) is 0 Å². The second kappa shape index (κ2) is 12.3. The van der Waals surface area contributed by atoms with Crippen LogP contribution in [0.15, 0.2) is 194 Å². The van der Waals surface area contributed by atoms with Crippen molar-refractivity contribution in [1.82, 2.24) is 0 Å². The Morgan fingerprint density at radius 2 is 0.522 bits per heavy atom. The van der Waals surface area contributed by atoms with Crippen LogP contribution >= 0.6 is 0 Å². The van der Waals surface area contributed by atoms with Crippen LogP contribution in [0.1, 0.15) is 45.2 Å². The normalized spacial score (nSPS) is 12.6. The smallest absolute Gasteiger partial charge is 0.0340 e. The zero-order valence-corrected chi connectivity index (χ0v) is 25.6. The summed E-state index contributed by atoms with van der Waals surface area (Å²) in [6, 6.07) is 71.0. The Labute approximate surface area is 271 Å². The molecule has 0 heteroatoms. The van der Waals surface area contributed by atoms with Crippen LogP contribution in [0.5, 0.6) is 0 Å². The molecule has 0 aliphatic rings. The average Bonchev–Trinajstić information content (AvgIpc) is 3.13. The molecule has 0 N–H and O–H groups in total. The zero-order chi connectivity index (χ0) is 30.7. The summed E-state index contributed by atoms with van der Waals surface area (Å²) in [5, 5.41) is 5.09. The monoisotopic (exact) mass is 586 g/mol. The molecule has 2 unspecified atom stereocenters. The summed E-state index contributed by atoms with van der Waals surface area (Å²) >= 11 is 0.